The first-order chi connectivity index (χ1) is 4.86. The van der Waals surface area contributed by atoms with Gasteiger partial charge in [-0.2, -0.15) is 0 Å². The van der Waals surface area contributed by atoms with Crippen LogP contribution in [0.15, 0.2) is 0 Å². The van der Waals surface area contributed by atoms with Crippen LogP contribution in [0.3, 0.4) is 0 Å². The van der Waals surface area contributed by atoms with Crippen molar-refractivity contribution in [2.75, 3.05) is 13.1 Å². The van der Waals surface area contributed by atoms with Crippen molar-refractivity contribution in [3.05, 3.63) is 0 Å². The minimum Gasteiger partial charge on any atom is -0.330 e. The Morgan fingerprint density at radius 2 is 2.50 bits per heavy atom. The highest BCUT2D eigenvalue weighted by Crippen LogP contribution is 2.12. The van der Waals surface area contributed by atoms with Crippen LogP contribution in [0.1, 0.15) is 12.8 Å². The number of nitrogens with two attached hydrogens (primary N) is 1. The Hall–Kier alpha value is -0.410. The molecule has 1 rings (SSSR count). The van der Waals surface area contributed by atoms with Crippen LogP contribution in [0.2, 0.25) is 0 Å². The molecule has 2 atom stereocenters. The van der Waals surface area contributed by atoms with Gasteiger partial charge in [0, 0.05) is 0 Å². The molecule has 1 saturated heterocycles. The predicted octanol–water partition coefficient (Wildman–Crippen LogP) is -0.488. The van der Waals surface area contributed by atoms with Crippen molar-refractivity contribution in [2.24, 2.45) is 11.7 Å². The molecule has 0 spiro atoms. The maximum absolute atomic E-state index is 10.3. The monoisotopic (exact) mass is 142 g/mol. The Morgan fingerprint density at radius 1 is 1.70 bits per heavy atom. The molecule has 2 unspecified atom stereocenters. The highest BCUT2D eigenvalue weighted by molar-refractivity contribution is 5.57. The van der Waals surface area contributed by atoms with Crippen LogP contribution in [-0.4, -0.2) is 25.4 Å². The van der Waals surface area contributed by atoms with E-state index in [1.807, 2.05) is 0 Å². The minimum absolute atomic E-state index is 0.0577. The molecule has 0 saturated carbocycles. The Morgan fingerprint density at radius 3 is 3.10 bits per heavy atom. The molecule has 1 heterocycles. The van der Waals surface area contributed by atoms with Crippen molar-refractivity contribution in [1.29, 1.82) is 0 Å². The van der Waals surface area contributed by atoms with Gasteiger partial charge in [0.25, 0.3) is 0 Å². The summed E-state index contributed by atoms with van der Waals surface area (Å²) in [5.41, 5.74) is 5.48. The lowest BCUT2D eigenvalue weighted by molar-refractivity contribution is -0.110. The summed E-state index contributed by atoms with van der Waals surface area (Å²) in [4.78, 5) is 10.3. The SMILES string of the molecule is NCC1CCNC(C=O)C1. The predicted molar refractivity (Wildman–Crippen MR) is 39.6 cm³/mol. The molecule has 0 aromatic rings. The lowest BCUT2D eigenvalue weighted by atomic mass is 9.93. The van der Waals surface area contributed by atoms with E-state index in [-0.39, 0.29) is 6.04 Å². The highest BCUT2D eigenvalue weighted by atomic mass is 16.1. The van der Waals surface area contributed by atoms with E-state index in [0.717, 1.165) is 25.7 Å². The van der Waals surface area contributed by atoms with Crippen LogP contribution in [0.4, 0.5) is 0 Å². The van der Waals surface area contributed by atoms with E-state index in [1.54, 1.807) is 0 Å². The number of rotatable bonds is 2. The third kappa shape index (κ3) is 1.78. The zero-order valence-corrected chi connectivity index (χ0v) is 6.05. The van der Waals surface area contributed by atoms with Gasteiger partial charge in [0.2, 0.25) is 0 Å². The van der Waals surface area contributed by atoms with Gasteiger partial charge in [0.05, 0.1) is 6.04 Å². The molecule has 1 aliphatic heterocycles. The molecule has 0 radical (unpaired) electrons. The molecular formula is C7H14N2O. The molecule has 10 heavy (non-hydrogen) atoms. The molecule has 0 aromatic carbocycles. The topological polar surface area (TPSA) is 55.1 Å². The average molecular weight is 142 g/mol. The Labute approximate surface area is 61.0 Å². The second kappa shape index (κ2) is 3.68. The summed E-state index contributed by atoms with van der Waals surface area (Å²) in [5, 5.41) is 3.11. The van der Waals surface area contributed by atoms with Crippen molar-refractivity contribution in [3.63, 3.8) is 0 Å². The summed E-state index contributed by atoms with van der Waals surface area (Å²) in [6, 6.07) is 0.0577. The van der Waals surface area contributed by atoms with E-state index >= 15 is 0 Å². The fraction of sp³-hybridized carbons (Fsp3) is 0.857. The Bertz CT molecular complexity index is 116. The van der Waals surface area contributed by atoms with Crippen LogP contribution in [0.25, 0.3) is 0 Å². The summed E-state index contributed by atoms with van der Waals surface area (Å²) in [6.07, 6.45) is 3.00. The quantitative estimate of drug-likeness (QED) is 0.512. The number of carbonyl (C=O) groups is 1. The number of hydrogen-bond donors (Lipinski definition) is 2. The van der Waals surface area contributed by atoms with Gasteiger partial charge in [-0.1, -0.05) is 0 Å². The molecule has 0 amide bonds. The van der Waals surface area contributed by atoms with E-state index in [9.17, 15) is 4.79 Å². The standard InChI is InChI=1S/C7H14N2O/c8-4-6-1-2-9-7(3-6)5-10/h5-7,9H,1-4,8H2. The van der Waals surface area contributed by atoms with Gasteiger partial charge in [-0.15, -0.1) is 0 Å². The molecule has 58 valence electrons. The maximum Gasteiger partial charge on any atom is 0.136 e. The zero-order chi connectivity index (χ0) is 7.40. The summed E-state index contributed by atoms with van der Waals surface area (Å²) >= 11 is 0. The highest BCUT2D eigenvalue weighted by Gasteiger charge is 2.18. The van der Waals surface area contributed by atoms with Gasteiger partial charge in [0.1, 0.15) is 6.29 Å². The van der Waals surface area contributed by atoms with E-state index in [4.69, 9.17) is 5.73 Å². The molecule has 0 bridgehead atoms. The first kappa shape index (κ1) is 7.69. The van der Waals surface area contributed by atoms with Gasteiger partial charge < -0.3 is 15.8 Å². The van der Waals surface area contributed by atoms with Gasteiger partial charge in [-0.3, -0.25) is 0 Å². The first-order valence-electron chi connectivity index (χ1n) is 3.75. The molecule has 3 nitrogen and oxygen atoms in total. The number of carbonyl (C=O) groups excluding carboxylic acids is 1. The van der Waals surface area contributed by atoms with Crippen molar-refractivity contribution in [3.8, 4) is 0 Å². The van der Waals surface area contributed by atoms with Crippen LogP contribution in [0.5, 0.6) is 0 Å². The molecule has 0 aliphatic carbocycles. The number of piperidine rings is 1. The number of nitrogens with one attached hydrogen (secondary N) is 1. The van der Waals surface area contributed by atoms with E-state index in [2.05, 4.69) is 5.32 Å². The zero-order valence-electron chi connectivity index (χ0n) is 6.05. The minimum atomic E-state index is 0.0577. The fourth-order valence-corrected chi connectivity index (χ4v) is 1.35. The third-order valence-corrected chi connectivity index (χ3v) is 2.04. The van der Waals surface area contributed by atoms with Crippen LogP contribution in [0, 0.1) is 5.92 Å². The number of aldehydes is 1. The lowest BCUT2D eigenvalue weighted by Gasteiger charge is -2.25. The summed E-state index contributed by atoms with van der Waals surface area (Å²) in [5.74, 6) is 0.552. The summed E-state index contributed by atoms with van der Waals surface area (Å²) in [7, 11) is 0. The van der Waals surface area contributed by atoms with Crippen LogP contribution >= 0.6 is 0 Å². The first-order valence-corrected chi connectivity index (χ1v) is 3.75. The van der Waals surface area contributed by atoms with Gasteiger partial charge in [0.15, 0.2) is 0 Å². The molecular weight excluding hydrogens is 128 g/mol. The summed E-state index contributed by atoms with van der Waals surface area (Å²) in [6.45, 7) is 1.65. The van der Waals surface area contributed by atoms with Crippen molar-refractivity contribution < 1.29 is 4.79 Å². The number of hydrogen-bond acceptors (Lipinski definition) is 3. The van der Waals surface area contributed by atoms with Crippen LogP contribution < -0.4 is 11.1 Å². The van der Waals surface area contributed by atoms with Gasteiger partial charge >= 0.3 is 0 Å². The van der Waals surface area contributed by atoms with E-state index in [0.29, 0.717) is 12.5 Å². The molecule has 1 aliphatic rings. The average Bonchev–Trinajstić information content (AvgIpc) is 2.05. The smallest absolute Gasteiger partial charge is 0.136 e. The second-order valence-electron chi connectivity index (χ2n) is 2.82. The largest absolute Gasteiger partial charge is 0.330 e. The molecule has 3 N–H and O–H groups in total. The van der Waals surface area contributed by atoms with Crippen molar-refractivity contribution in [2.45, 2.75) is 18.9 Å². The third-order valence-electron chi connectivity index (χ3n) is 2.04. The maximum atomic E-state index is 10.3. The van der Waals surface area contributed by atoms with E-state index < -0.39 is 0 Å². The normalized spacial score (nSPS) is 33.7. The summed E-state index contributed by atoms with van der Waals surface area (Å²) < 4.78 is 0. The Kier molecular flexibility index (Phi) is 2.83. The van der Waals surface area contributed by atoms with Gasteiger partial charge in [-0.05, 0) is 31.8 Å². The second-order valence-corrected chi connectivity index (χ2v) is 2.82. The van der Waals surface area contributed by atoms with Crippen molar-refractivity contribution >= 4 is 6.29 Å². The molecule has 3 heteroatoms. The molecule has 0 aromatic heterocycles. The van der Waals surface area contributed by atoms with Crippen molar-refractivity contribution in [1.82, 2.24) is 5.32 Å². The molecule has 1 fully saturated rings. The fourth-order valence-electron chi connectivity index (χ4n) is 1.35. The van der Waals surface area contributed by atoms with Gasteiger partial charge in [-0.25, -0.2) is 0 Å². The lowest BCUT2D eigenvalue weighted by Crippen LogP contribution is -2.41. The Balaban J connectivity index is 2.31. The van der Waals surface area contributed by atoms with E-state index in [1.165, 1.54) is 0 Å². The van der Waals surface area contributed by atoms with Crippen LogP contribution in [-0.2, 0) is 4.79 Å².